The van der Waals surface area contributed by atoms with Crippen molar-refractivity contribution in [2.75, 3.05) is 0 Å². The average Bonchev–Trinajstić information content (AvgIpc) is 1.86. The Morgan fingerprint density at radius 2 is 1.82 bits per heavy atom. The summed E-state index contributed by atoms with van der Waals surface area (Å²) in [5.74, 6) is 0. The number of urea groups is 1. The van der Waals surface area contributed by atoms with Crippen LogP contribution < -0.4 is 5.73 Å². The van der Waals surface area contributed by atoms with Gasteiger partial charge in [-0.05, 0) is 0 Å². The highest BCUT2D eigenvalue weighted by Crippen LogP contribution is 2.22. The molecule has 1 heterocycles. The number of nitrogens with two attached hydrogens (primary N) is 1. The van der Waals surface area contributed by atoms with Crippen molar-refractivity contribution in [3.63, 3.8) is 0 Å². The maximum absolute atomic E-state index is 10.6. The summed E-state index contributed by atoms with van der Waals surface area (Å²) in [5.41, 5.74) is 5.07. The molecule has 0 aromatic carbocycles. The van der Waals surface area contributed by atoms with E-state index in [4.69, 9.17) is 5.73 Å². The van der Waals surface area contributed by atoms with E-state index < -0.39 is 6.03 Å². The van der Waals surface area contributed by atoms with Gasteiger partial charge in [-0.15, -0.1) is 0 Å². The monoisotopic (exact) mass is 152 g/mol. The smallest absolute Gasteiger partial charge is 0.322 e. The summed E-state index contributed by atoms with van der Waals surface area (Å²) < 4.78 is 0. The fraction of sp³-hybridized carbons (Fsp3) is 0.375. The molecule has 1 rings (SSSR count). The third kappa shape index (κ3) is 1.83. The normalized spacial score (nSPS) is 20.4. The molecule has 3 nitrogen and oxygen atoms in total. The zero-order chi connectivity index (χ0) is 8.48. The molecule has 2 amide bonds. The molecule has 0 aromatic heterocycles. The Balaban J connectivity index is 2.72. The lowest BCUT2D eigenvalue weighted by Gasteiger charge is -2.22. The lowest BCUT2D eigenvalue weighted by Crippen LogP contribution is -2.29. The molecule has 2 N–H and O–H groups in total. The van der Waals surface area contributed by atoms with E-state index in [0.717, 1.165) is 0 Å². The molecule has 0 spiro atoms. The van der Waals surface area contributed by atoms with Crippen LogP contribution in [0.4, 0.5) is 4.79 Å². The molecule has 60 valence electrons. The van der Waals surface area contributed by atoms with Crippen LogP contribution in [0, 0.1) is 5.41 Å². The highest BCUT2D eigenvalue weighted by Gasteiger charge is 2.15. The summed E-state index contributed by atoms with van der Waals surface area (Å²) in [5, 5.41) is 0. The molecular formula is C8H12N2O. The van der Waals surface area contributed by atoms with E-state index in [1.165, 1.54) is 4.90 Å². The molecule has 0 saturated carbocycles. The minimum atomic E-state index is -0.451. The van der Waals surface area contributed by atoms with Crippen molar-refractivity contribution in [1.29, 1.82) is 0 Å². The molecule has 0 aliphatic carbocycles. The Bertz CT molecular complexity index is 212. The zero-order valence-electron chi connectivity index (χ0n) is 6.74. The van der Waals surface area contributed by atoms with Gasteiger partial charge < -0.3 is 5.73 Å². The van der Waals surface area contributed by atoms with E-state index in [2.05, 4.69) is 13.8 Å². The van der Waals surface area contributed by atoms with Crippen LogP contribution in [-0.4, -0.2) is 10.9 Å². The van der Waals surface area contributed by atoms with E-state index in [1.54, 1.807) is 12.4 Å². The van der Waals surface area contributed by atoms with E-state index in [-0.39, 0.29) is 5.41 Å². The second-order valence-electron chi connectivity index (χ2n) is 3.20. The quantitative estimate of drug-likeness (QED) is 0.560. The molecule has 1 aliphatic heterocycles. The summed E-state index contributed by atoms with van der Waals surface area (Å²) in [7, 11) is 0. The number of rotatable bonds is 0. The first-order valence-electron chi connectivity index (χ1n) is 3.48. The Morgan fingerprint density at radius 3 is 2.18 bits per heavy atom. The maximum Gasteiger partial charge on any atom is 0.322 e. The first kappa shape index (κ1) is 7.85. The lowest BCUT2D eigenvalue weighted by atomic mass is 9.92. The lowest BCUT2D eigenvalue weighted by molar-refractivity contribution is 0.234. The van der Waals surface area contributed by atoms with Gasteiger partial charge in [0.25, 0.3) is 0 Å². The van der Waals surface area contributed by atoms with Crippen LogP contribution in [0.25, 0.3) is 0 Å². The van der Waals surface area contributed by atoms with E-state index in [1.807, 2.05) is 12.2 Å². The van der Waals surface area contributed by atoms with Gasteiger partial charge in [0, 0.05) is 17.8 Å². The van der Waals surface area contributed by atoms with E-state index in [0.29, 0.717) is 0 Å². The van der Waals surface area contributed by atoms with E-state index >= 15 is 0 Å². The molecule has 0 aromatic rings. The van der Waals surface area contributed by atoms with Crippen LogP contribution in [0.5, 0.6) is 0 Å². The van der Waals surface area contributed by atoms with Crippen LogP contribution >= 0.6 is 0 Å². The van der Waals surface area contributed by atoms with Crippen molar-refractivity contribution >= 4 is 6.03 Å². The largest absolute Gasteiger partial charge is 0.351 e. The van der Waals surface area contributed by atoms with Gasteiger partial charge in [0.15, 0.2) is 0 Å². The molecule has 0 atom stereocenters. The number of carbonyl (C=O) groups excluding carboxylic acids is 1. The summed E-state index contributed by atoms with van der Waals surface area (Å²) in [6.45, 7) is 4.11. The highest BCUT2D eigenvalue weighted by molar-refractivity contribution is 5.74. The molecule has 0 bridgehead atoms. The Kier molecular flexibility index (Phi) is 1.72. The van der Waals surface area contributed by atoms with Crippen molar-refractivity contribution < 1.29 is 4.79 Å². The number of amides is 2. The molecule has 1 aliphatic rings. The fourth-order valence-corrected chi connectivity index (χ4v) is 0.797. The number of allylic oxidation sites excluding steroid dienone is 2. The number of hydrogen-bond donors (Lipinski definition) is 1. The highest BCUT2D eigenvalue weighted by atomic mass is 16.2. The minimum absolute atomic E-state index is 0.0337. The first-order valence-corrected chi connectivity index (χ1v) is 3.48. The summed E-state index contributed by atoms with van der Waals surface area (Å²) in [6, 6.07) is -0.451. The van der Waals surface area contributed by atoms with E-state index in [9.17, 15) is 4.79 Å². The van der Waals surface area contributed by atoms with Crippen LogP contribution in [0.2, 0.25) is 0 Å². The third-order valence-electron chi connectivity index (χ3n) is 1.58. The summed E-state index contributed by atoms with van der Waals surface area (Å²) in [6.07, 6.45) is 7.22. The van der Waals surface area contributed by atoms with Crippen molar-refractivity contribution in [2.45, 2.75) is 13.8 Å². The predicted molar refractivity (Wildman–Crippen MR) is 43.5 cm³/mol. The molecule has 3 heteroatoms. The van der Waals surface area contributed by atoms with Crippen LogP contribution in [0.15, 0.2) is 24.6 Å². The third-order valence-corrected chi connectivity index (χ3v) is 1.58. The van der Waals surface area contributed by atoms with Crippen molar-refractivity contribution in [1.82, 2.24) is 4.90 Å². The summed E-state index contributed by atoms with van der Waals surface area (Å²) >= 11 is 0. The first-order chi connectivity index (χ1) is 5.01. The molecule has 11 heavy (non-hydrogen) atoms. The van der Waals surface area contributed by atoms with Gasteiger partial charge in [-0.2, -0.15) is 0 Å². The van der Waals surface area contributed by atoms with Gasteiger partial charge in [0.05, 0.1) is 0 Å². The van der Waals surface area contributed by atoms with Crippen molar-refractivity contribution in [3.05, 3.63) is 24.6 Å². The molecule has 0 radical (unpaired) electrons. The second-order valence-corrected chi connectivity index (χ2v) is 3.20. The van der Waals surface area contributed by atoms with Gasteiger partial charge >= 0.3 is 6.03 Å². The SMILES string of the molecule is CC1(C)C=CN(C(N)=O)C=C1. The molecule has 0 fully saturated rings. The van der Waals surface area contributed by atoms with Crippen LogP contribution in [0.3, 0.4) is 0 Å². The van der Waals surface area contributed by atoms with Gasteiger partial charge in [0.1, 0.15) is 0 Å². The molecule has 0 unspecified atom stereocenters. The Morgan fingerprint density at radius 1 is 1.36 bits per heavy atom. The average molecular weight is 152 g/mol. The second kappa shape index (κ2) is 2.42. The van der Waals surface area contributed by atoms with Gasteiger partial charge in [-0.3, -0.25) is 4.90 Å². The zero-order valence-corrected chi connectivity index (χ0v) is 6.74. The van der Waals surface area contributed by atoms with Gasteiger partial charge in [0.2, 0.25) is 0 Å². The predicted octanol–water partition coefficient (Wildman–Crippen LogP) is 1.43. The van der Waals surface area contributed by atoms with Crippen molar-refractivity contribution in [3.8, 4) is 0 Å². The minimum Gasteiger partial charge on any atom is -0.351 e. The van der Waals surface area contributed by atoms with Crippen LogP contribution in [-0.2, 0) is 0 Å². The van der Waals surface area contributed by atoms with Crippen LogP contribution in [0.1, 0.15) is 13.8 Å². The number of nitrogens with zero attached hydrogens (tertiary/aromatic N) is 1. The Hall–Kier alpha value is -1.25. The van der Waals surface area contributed by atoms with Gasteiger partial charge in [-0.1, -0.05) is 26.0 Å². The number of primary amides is 1. The maximum atomic E-state index is 10.6. The van der Waals surface area contributed by atoms with Crippen molar-refractivity contribution in [2.24, 2.45) is 11.1 Å². The fourth-order valence-electron chi connectivity index (χ4n) is 0.797. The number of carbonyl (C=O) groups is 1. The molecule has 0 saturated heterocycles. The summed E-state index contributed by atoms with van der Waals surface area (Å²) in [4.78, 5) is 12.0. The topological polar surface area (TPSA) is 46.3 Å². The molecular weight excluding hydrogens is 140 g/mol. The Labute approximate surface area is 66.2 Å². The van der Waals surface area contributed by atoms with Gasteiger partial charge in [-0.25, -0.2) is 4.79 Å². The standard InChI is InChI=1S/C8H12N2O/c1-8(2)3-5-10(6-4-8)7(9)11/h3-6H,1-2H3,(H2,9,11). The number of hydrogen-bond acceptors (Lipinski definition) is 1.